The van der Waals surface area contributed by atoms with Crippen LogP contribution in [-0.2, 0) is 17.6 Å². The van der Waals surface area contributed by atoms with Gasteiger partial charge in [-0.3, -0.25) is 4.79 Å². The third-order valence-corrected chi connectivity index (χ3v) is 6.46. The third kappa shape index (κ3) is 4.92. The molecule has 0 spiro atoms. The SMILES string of the molecule is Cc1c(C/C=C\C2CCN(C(=O)OC(C)(C)C)CC2)sc2c1C(=O)NCC2. The minimum Gasteiger partial charge on any atom is -0.444 e. The first-order chi connectivity index (χ1) is 12.7. The molecule has 148 valence electrons. The average molecular weight is 391 g/mol. The highest BCUT2D eigenvalue weighted by Gasteiger charge is 2.26. The van der Waals surface area contributed by atoms with Crippen molar-refractivity contribution in [3.63, 3.8) is 0 Å². The van der Waals surface area contributed by atoms with Crippen molar-refractivity contribution in [3.05, 3.63) is 33.0 Å². The summed E-state index contributed by atoms with van der Waals surface area (Å²) in [6.45, 7) is 9.99. The Kier molecular flexibility index (Phi) is 5.94. The van der Waals surface area contributed by atoms with Crippen LogP contribution in [0.1, 0.15) is 59.3 Å². The Morgan fingerprint density at radius 2 is 2.04 bits per heavy atom. The molecule has 0 aromatic carbocycles. The molecule has 1 aromatic rings. The summed E-state index contributed by atoms with van der Waals surface area (Å²) < 4.78 is 5.45. The van der Waals surface area contributed by atoms with Crippen molar-refractivity contribution in [1.29, 1.82) is 0 Å². The van der Waals surface area contributed by atoms with Crippen LogP contribution in [0.15, 0.2) is 12.2 Å². The van der Waals surface area contributed by atoms with Crippen molar-refractivity contribution in [3.8, 4) is 0 Å². The number of allylic oxidation sites excluding steroid dienone is 2. The fourth-order valence-corrected chi connectivity index (χ4v) is 4.92. The maximum atomic E-state index is 12.1. The molecule has 2 aliphatic rings. The quantitative estimate of drug-likeness (QED) is 0.791. The molecule has 6 heteroatoms. The lowest BCUT2D eigenvalue weighted by molar-refractivity contribution is 0.0197. The maximum Gasteiger partial charge on any atom is 0.410 e. The maximum absolute atomic E-state index is 12.1. The summed E-state index contributed by atoms with van der Waals surface area (Å²) in [5.74, 6) is 0.580. The number of hydrogen-bond acceptors (Lipinski definition) is 4. The van der Waals surface area contributed by atoms with Crippen LogP contribution in [0.5, 0.6) is 0 Å². The molecule has 3 heterocycles. The number of nitrogens with one attached hydrogen (secondary N) is 1. The summed E-state index contributed by atoms with van der Waals surface area (Å²) >= 11 is 1.78. The van der Waals surface area contributed by atoms with Gasteiger partial charge in [0.15, 0.2) is 0 Å². The fraction of sp³-hybridized carbons (Fsp3) is 0.619. The first-order valence-electron chi connectivity index (χ1n) is 9.78. The number of carbonyl (C=O) groups excluding carboxylic acids is 2. The van der Waals surface area contributed by atoms with Gasteiger partial charge in [0.25, 0.3) is 5.91 Å². The van der Waals surface area contributed by atoms with E-state index in [9.17, 15) is 9.59 Å². The van der Waals surface area contributed by atoms with E-state index < -0.39 is 5.60 Å². The van der Waals surface area contributed by atoms with E-state index in [0.29, 0.717) is 5.92 Å². The minimum absolute atomic E-state index is 0.0785. The van der Waals surface area contributed by atoms with Gasteiger partial charge in [0.05, 0.1) is 5.56 Å². The van der Waals surface area contributed by atoms with Gasteiger partial charge < -0.3 is 15.0 Å². The molecule has 2 amide bonds. The van der Waals surface area contributed by atoms with E-state index in [0.717, 1.165) is 56.4 Å². The Labute approximate surface area is 165 Å². The molecule has 0 bridgehead atoms. The van der Waals surface area contributed by atoms with Crippen molar-refractivity contribution in [1.82, 2.24) is 10.2 Å². The van der Waals surface area contributed by atoms with E-state index in [1.807, 2.05) is 25.7 Å². The molecule has 1 saturated heterocycles. The monoisotopic (exact) mass is 390 g/mol. The lowest BCUT2D eigenvalue weighted by atomic mass is 9.96. The van der Waals surface area contributed by atoms with Crippen LogP contribution in [0, 0.1) is 12.8 Å². The number of likely N-dealkylation sites (tertiary alicyclic amines) is 1. The van der Waals surface area contributed by atoms with Gasteiger partial charge in [0, 0.05) is 35.8 Å². The Hall–Kier alpha value is -1.82. The zero-order valence-corrected chi connectivity index (χ0v) is 17.6. The highest BCUT2D eigenvalue weighted by Crippen LogP contribution is 2.31. The molecule has 2 aliphatic heterocycles. The van der Waals surface area contributed by atoms with E-state index in [1.165, 1.54) is 9.75 Å². The van der Waals surface area contributed by atoms with Crippen molar-refractivity contribution in [2.45, 2.75) is 59.0 Å². The summed E-state index contributed by atoms with van der Waals surface area (Å²) in [4.78, 5) is 28.5. The van der Waals surface area contributed by atoms with Crippen LogP contribution >= 0.6 is 11.3 Å². The number of nitrogens with zero attached hydrogens (tertiary/aromatic N) is 1. The lowest BCUT2D eigenvalue weighted by Crippen LogP contribution is -2.41. The topological polar surface area (TPSA) is 58.6 Å². The smallest absolute Gasteiger partial charge is 0.410 e. The number of fused-ring (bicyclic) bond motifs is 1. The molecule has 0 radical (unpaired) electrons. The zero-order chi connectivity index (χ0) is 19.6. The molecule has 1 aromatic heterocycles. The van der Waals surface area contributed by atoms with Gasteiger partial charge >= 0.3 is 6.09 Å². The second kappa shape index (κ2) is 8.05. The van der Waals surface area contributed by atoms with Crippen LogP contribution in [0.4, 0.5) is 4.79 Å². The highest BCUT2D eigenvalue weighted by atomic mass is 32.1. The second-order valence-corrected chi connectivity index (χ2v) is 9.58. The molecule has 0 atom stereocenters. The molecule has 1 N–H and O–H groups in total. The molecule has 27 heavy (non-hydrogen) atoms. The summed E-state index contributed by atoms with van der Waals surface area (Å²) in [6, 6.07) is 0. The van der Waals surface area contributed by atoms with Gasteiger partial charge in [0.1, 0.15) is 5.60 Å². The Morgan fingerprint density at radius 1 is 1.33 bits per heavy atom. The zero-order valence-electron chi connectivity index (χ0n) is 16.8. The summed E-state index contributed by atoms with van der Waals surface area (Å²) in [5, 5.41) is 2.93. The lowest BCUT2D eigenvalue weighted by Gasteiger charge is -2.32. The number of carbonyl (C=O) groups is 2. The van der Waals surface area contributed by atoms with Crippen LogP contribution in [0.3, 0.4) is 0 Å². The van der Waals surface area contributed by atoms with Gasteiger partial charge in [-0.1, -0.05) is 12.2 Å². The number of amides is 2. The second-order valence-electron chi connectivity index (χ2n) is 8.39. The van der Waals surface area contributed by atoms with Crippen molar-refractivity contribution < 1.29 is 14.3 Å². The molecular weight excluding hydrogens is 360 g/mol. The number of ether oxygens (including phenoxy) is 1. The van der Waals surface area contributed by atoms with E-state index in [1.54, 1.807) is 11.3 Å². The standard InChI is InChI=1S/C21H30N2O3S/c1-14-16(27-17-8-11-22-19(24)18(14)17)7-5-6-15-9-12-23(13-10-15)20(25)26-21(2,3)4/h5-6,15H,7-13H2,1-4H3,(H,22,24)/b6-5-. The molecule has 0 unspecified atom stereocenters. The van der Waals surface area contributed by atoms with Crippen molar-refractivity contribution in [2.75, 3.05) is 19.6 Å². The fourth-order valence-electron chi connectivity index (χ4n) is 3.64. The highest BCUT2D eigenvalue weighted by molar-refractivity contribution is 7.12. The molecule has 0 saturated carbocycles. The molecule has 1 fully saturated rings. The summed E-state index contributed by atoms with van der Waals surface area (Å²) in [6.07, 6.45) is 8.07. The van der Waals surface area contributed by atoms with Crippen LogP contribution in [0.2, 0.25) is 0 Å². The van der Waals surface area contributed by atoms with Crippen molar-refractivity contribution in [2.24, 2.45) is 5.92 Å². The van der Waals surface area contributed by atoms with E-state index in [2.05, 4.69) is 24.4 Å². The minimum atomic E-state index is -0.442. The van der Waals surface area contributed by atoms with Gasteiger partial charge in [-0.25, -0.2) is 4.79 Å². The summed E-state index contributed by atoms with van der Waals surface area (Å²) in [7, 11) is 0. The van der Waals surface area contributed by atoms with E-state index >= 15 is 0 Å². The van der Waals surface area contributed by atoms with E-state index in [4.69, 9.17) is 4.74 Å². The van der Waals surface area contributed by atoms with E-state index in [-0.39, 0.29) is 12.0 Å². The summed E-state index contributed by atoms with van der Waals surface area (Å²) in [5.41, 5.74) is 1.60. The van der Waals surface area contributed by atoms with Crippen molar-refractivity contribution >= 4 is 23.3 Å². The van der Waals surface area contributed by atoms with Crippen LogP contribution in [-0.4, -0.2) is 42.1 Å². The molecular formula is C21H30N2O3S. The number of thiophene rings is 1. The number of rotatable bonds is 3. The van der Waals surface area contributed by atoms with Gasteiger partial charge in [-0.15, -0.1) is 11.3 Å². The van der Waals surface area contributed by atoms with Crippen LogP contribution in [0.25, 0.3) is 0 Å². The Bertz CT molecular complexity index is 737. The molecule has 0 aliphatic carbocycles. The van der Waals surface area contributed by atoms with Crippen LogP contribution < -0.4 is 5.32 Å². The molecule has 5 nitrogen and oxygen atoms in total. The predicted molar refractivity (Wildman–Crippen MR) is 108 cm³/mol. The Morgan fingerprint density at radius 3 is 2.67 bits per heavy atom. The number of piperidine rings is 1. The third-order valence-electron chi connectivity index (χ3n) is 5.09. The van der Waals surface area contributed by atoms with Gasteiger partial charge in [0.2, 0.25) is 0 Å². The van der Waals surface area contributed by atoms with Gasteiger partial charge in [-0.2, -0.15) is 0 Å². The number of hydrogen-bond donors (Lipinski definition) is 1. The molecule has 3 rings (SSSR count). The largest absolute Gasteiger partial charge is 0.444 e. The first kappa shape index (κ1) is 19.9. The Balaban J connectivity index is 1.51. The first-order valence-corrected chi connectivity index (χ1v) is 10.6. The van der Waals surface area contributed by atoms with Gasteiger partial charge in [-0.05, 0) is 58.4 Å². The average Bonchev–Trinajstić information content (AvgIpc) is 2.91. The normalized spacial score (nSPS) is 18.5. The predicted octanol–water partition coefficient (Wildman–Crippen LogP) is 4.09.